The van der Waals surface area contributed by atoms with E-state index in [2.05, 4.69) is 35.5 Å². The Balaban J connectivity index is 1.84. The van der Waals surface area contributed by atoms with Gasteiger partial charge in [-0.05, 0) is 55.2 Å². The standard InChI is InChI=1S/C21H34N4O/c1-15-11-16(2)13-19(12-15)24-21(22-3)23-10-9-17-7-6-8-18(14-17)20(26)25(4)5/h6-8,14-16,19H,9-13H2,1-5H3,(H2,22,23,24). The van der Waals surface area contributed by atoms with Gasteiger partial charge >= 0.3 is 0 Å². The predicted molar refractivity (Wildman–Crippen MR) is 109 cm³/mol. The number of carbonyl (C=O) groups excluding carboxylic acids is 1. The third-order valence-corrected chi connectivity index (χ3v) is 5.03. The average Bonchev–Trinajstić information content (AvgIpc) is 2.59. The lowest BCUT2D eigenvalue weighted by molar-refractivity contribution is 0.0827. The molecule has 2 atom stereocenters. The molecule has 1 aliphatic rings. The highest BCUT2D eigenvalue weighted by atomic mass is 16.2. The predicted octanol–water partition coefficient (Wildman–Crippen LogP) is 2.92. The van der Waals surface area contributed by atoms with Gasteiger partial charge in [0.15, 0.2) is 5.96 Å². The lowest BCUT2D eigenvalue weighted by atomic mass is 9.80. The minimum atomic E-state index is 0.0397. The summed E-state index contributed by atoms with van der Waals surface area (Å²) < 4.78 is 0. The van der Waals surface area contributed by atoms with E-state index < -0.39 is 0 Å². The first kappa shape index (κ1) is 20.3. The number of amides is 1. The topological polar surface area (TPSA) is 56.7 Å². The van der Waals surface area contributed by atoms with Gasteiger partial charge in [0.2, 0.25) is 0 Å². The van der Waals surface area contributed by atoms with Crippen molar-refractivity contribution in [2.75, 3.05) is 27.7 Å². The summed E-state index contributed by atoms with van der Waals surface area (Å²) >= 11 is 0. The zero-order valence-corrected chi connectivity index (χ0v) is 16.9. The summed E-state index contributed by atoms with van der Waals surface area (Å²) in [7, 11) is 5.37. The fraction of sp³-hybridized carbons (Fsp3) is 0.619. The van der Waals surface area contributed by atoms with Crippen molar-refractivity contribution in [1.82, 2.24) is 15.5 Å². The molecular formula is C21H34N4O. The molecule has 1 aliphatic carbocycles. The van der Waals surface area contributed by atoms with E-state index in [1.807, 2.05) is 25.2 Å². The molecule has 0 aliphatic heterocycles. The van der Waals surface area contributed by atoms with E-state index in [9.17, 15) is 4.79 Å². The summed E-state index contributed by atoms with van der Waals surface area (Å²) in [5.74, 6) is 2.45. The van der Waals surface area contributed by atoms with Gasteiger partial charge in [-0.2, -0.15) is 0 Å². The molecule has 2 rings (SSSR count). The Labute approximate surface area is 158 Å². The summed E-state index contributed by atoms with van der Waals surface area (Å²) in [6.45, 7) is 5.46. The Morgan fingerprint density at radius 2 is 1.88 bits per heavy atom. The van der Waals surface area contributed by atoms with E-state index in [0.29, 0.717) is 6.04 Å². The molecule has 2 unspecified atom stereocenters. The summed E-state index contributed by atoms with van der Waals surface area (Å²) in [6.07, 6.45) is 4.60. The SMILES string of the molecule is CN=C(NCCc1cccc(C(=O)N(C)C)c1)NC1CC(C)CC(C)C1. The maximum atomic E-state index is 12.1. The van der Waals surface area contributed by atoms with Gasteiger partial charge < -0.3 is 15.5 Å². The molecular weight excluding hydrogens is 324 g/mol. The van der Waals surface area contributed by atoms with Crippen molar-refractivity contribution in [2.24, 2.45) is 16.8 Å². The molecule has 0 heterocycles. The quantitative estimate of drug-likeness (QED) is 0.628. The van der Waals surface area contributed by atoms with E-state index in [1.165, 1.54) is 19.3 Å². The van der Waals surface area contributed by atoms with Gasteiger partial charge in [0.1, 0.15) is 0 Å². The first-order valence-electron chi connectivity index (χ1n) is 9.66. The zero-order valence-electron chi connectivity index (χ0n) is 16.9. The highest BCUT2D eigenvalue weighted by Gasteiger charge is 2.24. The minimum absolute atomic E-state index is 0.0397. The van der Waals surface area contributed by atoms with Gasteiger partial charge in [-0.25, -0.2) is 0 Å². The van der Waals surface area contributed by atoms with Crippen molar-refractivity contribution in [2.45, 2.75) is 45.6 Å². The van der Waals surface area contributed by atoms with Crippen LogP contribution >= 0.6 is 0 Å². The molecule has 26 heavy (non-hydrogen) atoms. The lowest BCUT2D eigenvalue weighted by Gasteiger charge is -2.32. The van der Waals surface area contributed by atoms with Gasteiger partial charge in [0, 0.05) is 39.3 Å². The molecule has 2 N–H and O–H groups in total. The van der Waals surface area contributed by atoms with E-state index >= 15 is 0 Å². The molecule has 1 aromatic carbocycles. The minimum Gasteiger partial charge on any atom is -0.356 e. The number of nitrogens with zero attached hydrogens (tertiary/aromatic N) is 2. The Hall–Kier alpha value is -2.04. The Bertz CT molecular complexity index is 616. The molecule has 5 nitrogen and oxygen atoms in total. The number of aliphatic imine (C=N–C) groups is 1. The van der Waals surface area contributed by atoms with Crippen LogP contribution in [0.2, 0.25) is 0 Å². The van der Waals surface area contributed by atoms with Gasteiger partial charge in [0.25, 0.3) is 5.91 Å². The van der Waals surface area contributed by atoms with Crippen LogP contribution in [-0.4, -0.2) is 50.5 Å². The molecule has 0 aromatic heterocycles. The second-order valence-corrected chi connectivity index (χ2v) is 7.91. The molecule has 5 heteroatoms. The molecule has 0 spiro atoms. The van der Waals surface area contributed by atoms with Crippen molar-refractivity contribution < 1.29 is 4.79 Å². The highest BCUT2D eigenvalue weighted by molar-refractivity contribution is 5.94. The highest BCUT2D eigenvalue weighted by Crippen LogP contribution is 2.28. The van der Waals surface area contributed by atoms with E-state index in [1.54, 1.807) is 19.0 Å². The summed E-state index contributed by atoms with van der Waals surface area (Å²) in [4.78, 5) is 18.1. The van der Waals surface area contributed by atoms with Crippen LogP contribution in [0.3, 0.4) is 0 Å². The summed E-state index contributed by atoms with van der Waals surface area (Å²) in [5.41, 5.74) is 1.89. The average molecular weight is 359 g/mol. The van der Waals surface area contributed by atoms with Crippen LogP contribution in [0.1, 0.15) is 49.0 Å². The first-order chi connectivity index (χ1) is 12.4. The first-order valence-corrected chi connectivity index (χ1v) is 9.66. The van der Waals surface area contributed by atoms with Crippen molar-refractivity contribution in [3.05, 3.63) is 35.4 Å². The number of hydrogen-bond donors (Lipinski definition) is 2. The number of carbonyl (C=O) groups is 1. The number of rotatable bonds is 5. The normalized spacial score (nSPS) is 23.4. The second-order valence-electron chi connectivity index (χ2n) is 7.91. The molecule has 144 valence electrons. The number of nitrogens with one attached hydrogen (secondary N) is 2. The summed E-state index contributed by atoms with van der Waals surface area (Å²) in [5, 5.41) is 6.99. The summed E-state index contributed by atoms with van der Waals surface area (Å²) in [6, 6.07) is 8.36. The molecule has 1 fully saturated rings. The van der Waals surface area contributed by atoms with Gasteiger partial charge in [-0.3, -0.25) is 9.79 Å². The van der Waals surface area contributed by atoms with Crippen LogP contribution < -0.4 is 10.6 Å². The third-order valence-electron chi connectivity index (χ3n) is 5.03. The van der Waals surface area contributed by atoms with Crippen molar-refractivity contribution in [1.29, 1.82) is 0 Å². The van der Waals surface area contributed by atoms with Crippen LogP contribution in [0.15, 0.2) is 29.3 Å². The van der Waals surface area contributed by atoms with Crippen LogP contribution in [0.25, 0.3) is 0 Å². The fourth-order valence-corrected chi connectivity index (χ4v) is 3.90. The van der Waals surface area contributed by atoms with E-state index in [0.717, 1.165) is 41.9 Å². The van der Waals surface area contributed by atoms with Crippen LogP contribution in [0.5, 0.6) is 0 Å². The molecule has 0 saturated heterocycles. The van der Waals surface area contributed by atoms with Crippen LogP contribution in [-0.2, 0) is 6.42 Å². The Kier molecular flexibility index (Phi) is 7.49. The molecule has 1 aromatic rings. The van der Waals surface area contributed by atoms with Crippen LogP contribution in [0, 0.1) is 11.8 Å². The molecule has 0 bridgehead atoms. The molecule has 1 amide bonds. The largest absolute Gasteiger partial charge is 0.356 e. The van der Waals surface area contributed by atoms with Gasteiger partial charge in [-0.1, -0.05) is 26.0 Å². The van der Waals surface area contributed by atoms with Crippen molar-refractivity contribution in [3.8, 4) is 0 Å². The fourth-order valence-electron chi connectivity index (χ4n) is 3.90. The Morgan fingerprint density at radius 3 is 2.50 bits per heavy atom. The van der Waals surface area contributed by atoms with Gasteiger partial charge in [0.05, 0.1) is 0 Å². The van der Waals surface area contributed by atoms with Crippen molar-refractivity contribution in [3.63, 3.8) is 0 Å². The second kappa shape index (κ2) is 9.60. The maximum Gasteiger partial charge on any atom is 0.253 e. The smallest absolute Gasteiger partial charge is 0.253 e. The van der Waals surface area contributed by atoms with E-state index in [4.69, 9.17) is 0 Å². The number of benzene rings is 1. The van der Waals surface area contributed by atoms with Crippen LogP contribution in [0.4, 0.5) is 0 Å². The van der Waals surface area contributed by atoms with Crippen molar-refractivity contribution >= 4 is 11.9 Å². The van der Waals surface area contributed by atoms with E-state index in [-0.39, 0.29) is 5.91 Å². The van der Waals surface area contributed by atoms with Gasteiger partial charge in [-0.15, -0.1) is 0 Å². The molecule has 0 radical (unpaired) electrons. The molecule has 1 saturated carbocycles. The number of guanidine groups is 1. The Morgan fingerprint density at radius 1 is 1.19 bits per heavy atom. The monoisotopic (exact) mass is 358 g/mol. The number of hydrogen-bond acceptors (Lipinski definition) is 2. The maximum absolute atomic E-state index is 12.1. The zero-order chi connectivity index (χ0) is 19.1. The lowest BCUT2D eigenvalue weighted by Crippen LogP contribution is -2.46. The third kappa shape index (κ3) is 6.04.